The molecule has 0 saturated carbocycles. The monoisotopic (exact) mass is 358 g/mol. The largest absolute Gasteiger partial charge is 0.338 e. The third-order valence-corrected chi connectivity index (χ3v) is 4.79. The molecule has 0 fully saturated rings. The third-order valence-electron chi connectivity index (χ3n) is 4.55. The van der Waals surface area contributed by atoms with Crippen molar-refractivity contribution in [2.24, 2.45) is 0 Å². The fourth-order valence-corrected chi connectivity index (χ4v) is 3.42. The van der Waals surface area contributed by atoms with Crippen molar-refractivity contribution >= 4 is 23.2 Å². The Morgan fingerprint density at radius 3 is 2.68 bits per heavy atom. The van der Waals surface area contributed by atoms with Crippen LogP contribution in [0.15, 0.2) is 54.6 Å². The summed E-state index contributed by atoms with van der Waals surface area (Å²) in [5.41, 5.74) is 1.49. The molecule has 0 saturated heterocycles. The Morgan fingerprint density at radius 2 is 2.00 bits per heavy atom. The molecule has 0 spiro atoms. The minimum atomic E-state index is -0.662. The van der Waals surface area contributed by atoms with Crippen LogP contribution in [-0.2, 0) is 5.54 Å². The van der Waals surface area contributed by atoms with E-state index >= 15 is 0 Å². The Kier molecular flexibility index (Phi) is 4.82. The molecule has 0 aromatic heterocycles. The van der Waals surface area contributed by atoms with Crippen molar-refractivity contribution in [2.45, 2.75) is 19.4 Å². The first-order valence-corrected chi connectivity index (χ1v) is 8.61. The SMILES string of the molecule is CCNC(=O)N1CC(c2cc(Cl)ccc2F)=CC1(C)c1ccccc1. The molecule has 1 N–H and O–H groups in total. The summed E-state index contributed by atoms with van der Waals surface area (Å²) < 4.78 is 14.3. The Bertz CT molecular complexity index is 822. The number of hydrogen-bond acceptors (Lipinski definition) is 1. The summed E-state index contributed by atoms with van der Waals surface area (Å²) in [7, 11) is 0. The summed E-state index contributed by atoms with van der Waals surface area (Å²) in [4.78, 5) is 14.3. The molecule has 3 nitrogen and oxygen atoms in total. The number of nitrogens with zero attached hydrogens (tertiary/aromatic N) is 1. The first-order valence-electron chi connectivity index (χ1n) is 8.24. The molecule has 2 aromatic carbocycles. The van der Waals surface area contributed by atoms with Crippen molar-refractivity contribution in [3.63, 3.8) is 0 Å². The van der Waals surface area contributed by atoms with Gasteiger partial charge in [-0.25, -0.2) is 9.18 Å². The van der Waals surface area contributed by atoms with Crippen LogP contribution in [0.2, 0.25) is 5.02 Å². The van der Waals surface area contributed by atoms with Crippen LogP contribution in [0, 0.1) is 5.82 Å². The zero-order valence-corrected chi connectivity index (χ0v) is 15.0. The number of rotatable bonds is 3. The lowest BCUT2D eigenvalue weighted by Crippen LogP contribution is -2.48. The normalized spacial score (nSPS) is 19.7. The minimum Gasteiger partial charge on any atom is -0.338 e. The molecule has 1 heterocycles. The number of carbonyl (C=O) groups is 1. The number of carbonyl (C=O) groups excluding carboxylic acids is 1. The van der Waals surface area contributed by atoms with Crippen LogP contribution in [0.4, 0.5) is 9.18 Å². The lowest BCUT2D eigenvalue weighted by molar-refractivity contribution is 0.169. The second kappa shape index (κ2) is 6.89. The van der Waals surface area contributed by atoms with Gasteiger partial charge in [0, 0.05) is 23.7 Å². The van der Waals surface area contributed by atoms with Crippen molar-refractivity contribution in [1.82, 2.24) is 10.2 Å². The molecule has 2 aromatic rings. The van der Waals surface area contributed by atoms with E-state index in [0.717, 1.165) is 11.1 Å². The highest BCUT2D eigenvalue weighted by Crippen LogP contribution is 2.40. The minimum absolute atomic E-state index is 0.178. The standard InChI is InChI=1S/C20H20ClFN2O/c1-3-23-19(25)24-13-14(17-11-16(21)9-10-18(17)22)12-20(24,2)15-7-5-4-6-8-15/h4-12H,3,13H2,1-2H3,(H,23,25). The van der Waals surface area contributed by atoms with Gasteiger partial charge < -0.3 is 10.2 Å². The van der Waals surface area contributed by atoms with E-state index in [-0.39, 0.29) is 11.8 Å². The van der Waals surface area contributed by atoms with Gasteiger partial charge in [-0.1, -0.05) is 41.9 Å². The number of benzene rings is 2. The zero-order chi connectivity index (χ0) is 18.0. The lowest BCUT2D eigenvalue weighted by atomic mass is 9.91. The van der Waals surface area contributed by atoms with E-state index < -0.39 is 5.54 Å². The molecule has 1 aliphatic rings. The quantitative estimate of drug-likeness (QED) is 0.838. The van der Waals surface area contributed by atoms with Gasteiger partial charge in [-0.2, -0.15) is 0 Å². The molecule has 0 bridgehead atoms. The Hall–Kier alpha value is -2.33. The highest BCUT2D eigenvalue weighted by molar-refractivity contribution is 6.30. The smallest absolute Gasteiger partial charge is 0.318 e. The molecule has 1 atom stereocenters. The van der Waals surface area contributed by atoms with E-state index in [1.54, 1.807) is 11.0 Å². The zero-order valence-electron chi connectivity index (χ0n) is 14.2. The summed E-state index contributed by atoms with van der Waals surface area (Å²) in [6, 6.07) is 14.0. The van der Waals surface area contributed by atoms with Crippen LogP contribution in [0.25, 0.3) is 5.57 Å². The van der Waals surface area contributed by atoms with E-state index in [4.69, 9.17) is 11.6 Å². The van der Waals surface area contributed by atoms with E-state index in [1.807, 2.05) is 50.3 Å². The van der Waals surface area contributed by atoms with Gasteiger partial charge in [-0.05, 0) is 49.3 Å². The summed E-state index contributed by atoms with van der Waals surface area (Å²) in [6.07, 6.45) is 1.95. The highest BCUT2D eigenvalue weighted by atomic mass is 35.5. The molecule has 2 amide bonds. The first kappa shape index (κ1) is 17.5. The number of amides is 2. The van der Waals surface area contributed by atoms with Gasteiger partial charge in [-0.3, -0.25) is 0 Å². The van der Waals surface area contributed by atoms with Gasteiger partial charge in [0.05, 0.1) is 5.54 Å². The summed E-state index contributed by atoms with van der Waals surface area (Å²) in [5, 5.41) is 3.31. The predicted octanol–water partition coefficient (Wildman–Crippen LogP) is 4.82. The Labute approximate surface area is 152 Å². The fourth-order valence-electron chi connectivity index (χ4n) is 3.25. The predicted molar refractivity (Wildman–Crippen MR) is 99.0 cm³/mol. The van der Waals surface area contributed by atoms with Crippen LogP contribution in [0.5, 0.6) is 0 Å². The molecular formula is C20H20ClFN2O. The molecule has 0 radical (unpaired) electrons. The van der Waals surface area contributed by atoms with Crippen molar-refractivity contribution in [3.05, 3.63) is 76.6 Å². The molecule has 1 aliphatic heterocycles. The van der Waals surface area contributed by atoms with Crippen LogP contribution in [0.1, 0.15) is 25.0 Å². The molecule has 25 heavy (non-hydrogen) atoms. The number of urea groups is 1. The van der Waals surface area contributed by atoms with E-state index in [0.29, 0.717) is 23.7 Å². The van der Waals surface area contributed by atoms with Gasteiger partial charge >= 0.3 is 6.03 Å². The van der Waals surface area contributed by atoms with Crippen LogP contribution in [-0.4, -0.2) is 24.0 Å². The van der Waals surface area contributed by atoms with Crippen molar-refractivity contribution in [1.29, 1.82) is 0 Å². The van der Waals surface area contributed by atoms with E-state index in [2.05, 4.69) is 5.32 Å². The Morgan fingerprint density at radius 1 is 1.28 bits per heavy atom. The maximum absolute atomic E-state index is 14.3. The van der Waals surface area contributed by atoms with Crippen LogP contribution >= 0.6 is 11.6 Å². The maximum atomic E-state index is 14.3. The summed E-state index contributed by atoms with van der Waals surface area (Å²) >= 11 is 6.05. The second-order valence-electron chi connectivity index (χ2n) is 6.23. The average molecular weight is 359 g/mol. The average Bonchev–Trinajstić information content (AvgIpc) is 2.97. The molecular weight excluding hydrogens is 339 g/mol. The summed E-state index contributed by atoms with van der Waals surface area (Å²) in [5.74, 6) is -0.344. The topological polar surface area (TPSA) is 32.3 Å². The molecule has 0 aliphatic carbocycles. The van der Waals surface area contributed by atoms with Crippen molar-refractivity contribution < 1.29 is 9.18 Å². The van der Waals surface area contributed by atoms with Gasteiger partial charge in [0.1, 0.15) is 5.82 Å². The highest BCUT2D eigenvalue weighted by Gasteiger charge is 2.41. The van der Waals surface area contributed by atoms with Crippen LogP contribution < -0.4 is 5.32 Å². The Balaban J connectivity index is 2.09. The van der Waals surface area contributed by atoms with Gasteiger partial charge in [0.25, 0.3) is 0 Å². The van der Waals surface area contributed by atoms with Crippen LogP contribution in [0.3, 0.4) is 0 Å². The molecule has 130 valence electrons. The van der Waals surface area contributed by atoms with Crippen molar-refractivity contribution in [3.8, 4) is 0 Å². The van der Waals surface area contributed by atoms with Gasteiger partial charge in [0.2, 0.25) is 0 Å². The molecule has 5 heteroatoms. The van der Waals surface area contributed by atoms with Crippen molar-refractivity contribution in [2.75, 3.05) is 13.1 Å². The van der Waals surface area contributed by atoms with Gasteiger partial charge in [0.15, 0.2) is 0 Å². The van der Waals surface area contributed by atoms with Gasteiger partial charge in [-0.15, -0.1) is 0 Å². The lowest BCUT2D eigenvalue weighted by Gasteiger charge is -2.35. The summed E-state index contributed by atoms with van der Waals surface area (Å²) in [6.45, 7) is 4.68. The molecule has 1 unspecified atom stereocenters. The number of hydrogen-bond donors (Lipinski definition) is 1. The number of nitrogens with one attached hydrogen (secondary N) is 1. The van der Waals surface area contributed by atoms with E-state index in [1.165, 1.54) is 12.1 Å². The second-order valence-corrected chi connectivity index (χ2v) is 6.67. The first-order chi connectivity index (χ1) is 12.0. The fraction of sp³-hybridized carbons (Fsp3) is 0.250. The molecule has 3 rings (SSSR count). The number of halogens is 2. The maximum Gasteiger partial charge on any atom is 0.318 e. The third kappa shape index (κ3) is 3.27. The van der Waals surface area contributed by atoms with E-state index in [9.17, 15) is 9.18 Å².